The summed E-state index contributed by atoms with van der Waals surface area (Å²) in [4.78, 5) is 0. The van der Waals surface area contributed by atoms with Crippen LogP contribution in [0.1, 0.15) is 69.2 Å². The topological polar surface area (TPSA) is 0 Å². The molecule has 26 heavy (non-hydrogen) atoms. The van der Waals surface area contributed by atoms with E-state index in [1.807, 2.05) is 6.56 Å². The molecule has 2 rings (SSSR count). The van der Waals surface area contributed by atoms with Crippen LogP contribution in [0, 0.1) is 11.8 Å². The van der Waals surface area contributed by atoms with Gasteiger partial charge in [-0.2, -0.15) is 0 Å². The molecule has 2 aliphatic carbocycles. The van der Waals surface area contributed by atoms with Crippen LogP contribution in [-0.2, 0) is 20.9 Å². The average Bonchev–Trinajstić information content (AvgIpc) is 2.87. The molecule has 0 aromatic rings. The Labute approximate surface area is 205 Å². The summed E-state index contributed by atoms with van der Waals surface area (Å²) in [7, 11) is 0. The molecule has 0 nitrogen and oxygen atoms in total. The van der Waals surface area contributed by atoms with E-state index in [-0.39, 0.29) is 48.0 Å². The van der Waals surface area contributed by atoms with Gasteiger partial charge in [0.25, 0.3) is 0 Å². The van der Waals surface area contributed by atoms with Gasteiger partial charge in [0.2, 0.25) is 0 Å². The first-order chi connectivity index (χ1) is 11.2. The maximum atomic E-state index is 2.50. The van der Waals surface area contributed by atoms with E-state index in [0.29, 0.717) is 0 Å². The summed E-state index contributed by atoms with van der Waals surface area (Å²) in [6, 6.07) is 2.99. The summed E-state index contributed by atoms with van der Waals surface area (Å²) in [5, 5.41) is 0. The van der Waals surface area contributed by atoms with Crippen molar-refractivity contribution < 1.29 is 68.9 Å². The zero-order valence-electron chi connectivity index (χ0n) is 18.4. The smallest absolute Gasteiger partial charge is 1.00 e. The molecule has 2 aliphatic rings. The van der Waals surface area contributed by atoms with Crippen molar-refractivity contribution in [2.45, 2.75) is 81.3 Å². The Bertz CT molecular complexity index is 614. The monoisotopic (exact) mass is 673 g/mol. The van der Waals surface area contributed by atoms with E-state index in [2.05, 4.69) is 69.2 Å². The van der Waals surface area contributed by atoms with Crippen molar-refractivity contribution >= 4 is 5.92 Å². The van der Waals surface area contributed by atoms with E-state index in [9.17, 15) is 0 Å². The van der Waals surface area contributed by atoms with Crippen LogP contribution in [0.3, 0.4) is 0 Å². The summed E-state index contributed by atoms with van der Waals surface area (Å²) < 4.78 is 3.97. The van der Waals surface area contributed by atoms with E-state index in [4.69, 9.17) is 0 Å². The van der Waals surface area contributed by atoms with Crippen molar-refractivity contribution in [3.63, 3.8) is 0 Å². The molecule has 4 heteroatoms. The Morgan fingerprint density at radius 1 is 0.654 bits per heavy atom. The van der Waals surface area contributed by atoms with Crippen LogP contribution in [0.4, 0.5) is 0 Å². The molecule has 0 saturated heterocycles. The van der Waals surface area contributed by atoms with Crippen LogP contribution < -0.4 is 48.0 Å². The Hall–Kier alpha value is 1.52. The van der Waals surface area contributed by atoms with E-state index in [1.54, 1.807) is 33.4 Å². The number of hydrogen-bond acceptors (Lipinski definition) is 0. The number of allylic oxidation sites excluding steroid dienone is 8. The Morgan fingerprint density at radius 3 is 1.15 bits per heavy atom. The SMILES string of the molecule is CC[SiH](CC)[Zr+2]([C]1=C(C)C(C)=C(C)C1C)[C]1=C(C)C(C)=C(C)C1C.[I-].[I-]. The Morgan fingerprint density at radius 2 is 0.962 bits per heavy atom. The minimum Gasteiger partial charge on any atom is -1.00 e. The zero-order chi connectivity index (χ0) is 18.3. The molecule has 0 amide bonds. The molecular weight excluding hydrogens is 637 g/mol. The molecule has 0 aliphatic heterocycles. The maximum Gasteiger partial charge on any atom is -1.00 e. The van der Waals surface area contributed by atoms with Crippen LogP contribution in [-0.4, -0.2) is 5.92 Å². The molecule has 0 bridgehead atoms. The fraction of sp³-hybridized carbons (Fsp3) is 0.636. The van der Waals surface area contributed by atoms with Gasteiger partial charge in [0.15, 0.2) is 0 Å². The van der Waals surface area contributed by atoms with Gasteiger partial charge in [-0.3, -0.25) is 0 Å². The molecule has 0 fully saturated rings. The molecule has 2 atom stereocenters. The zero-order valence-corrected chi connectivity index (χ0v) is 26.3. The molecule has 0 heterocycles. The standard InChI is InChI=1S/2C9H13.C4H11Si.2HI.Zr/c2*1-6-5-7(2)9(4)8(6)3;1-3-5-4-2;;;/h2*6H,1-4H3;5H,3-4H2,1-2H3;2*1H;/q;;;;;+2/p-2. The van der Waals surface area contributed by atoms with Gasteiger partial charge in [0.1, 0.15) is 0 Å². The second-order valence-corrected chi connectivity index (χ2v) is 25.2. The van der Waals surface area contributed by atoms with Gasteiger partial charge < -0.3 is 48.0 Å². The first-order valence-corrected chi connectivity index (χ1v) is 18.8. The van der Waals surface area contributed by atoms with Crippen LogP contribution in [0.15, 0.2) is 40.0 Å². The Kier molecular flexibility index (Phi) is 11.7. The van der Waals surface area contributed by atoms with Crippen molar-refractivity contribution in [1.82, 2.24) is 0 Å². The van der Waals surface area contributed by atoms with E-state index < -0.39 is 26.8 Å². The van der Waals surface area contributed by atoms with Crippen LogP contribution in [0.25, 0.3) is 0 Å². The number of hydrogen-bond donors (Lipinski definition) is 0. The third-order valence-electron chi connectivity index (χ3n) is 7.26. The van der Waals surface area contributed by atoms with Gasteiger partial charge in [0.05, 0.1) is 0 Å². The first kappa shape index (κ1) is 27.5. The second-order valence-electron chi connectivity index (χ2n) is 8.06. The predicted molar refractivity (Wildman–Crippen MR) is 109 cm³/mol. The molecule has 0 N–H and O–H groups in total. The summed E-state index contributed by atoms with van der Waals surface area (Å²) in [5.74, 6) is 0.798. The fourth-order valence-electron chi connectivity index (χ4n) is 4.88. The van der Waals surface area contributed by atoms with Gasteiger partial charge in [-0.05, 0) is 0 Å². The third kappa shape index (κ3) is 4.64. The third-order valence-corrected chi connectivity index (χ3v) is 32.6. The quantitative estimate of drug-likeness (QED) is 0.301. The van der Waals surface area contributed by atoms with E-state index in [1.165, 1.54) is 12.1 Å². The molecular formula is C22H37I2SiZr. The maximum absolute atomic E-state index is 2.50. The molecule has 0 spiro atoms. The molecule has 147 valence electrons. The summed E-state index contributed by atoms with van der Waals surface area (Å²) in [6.45, 7) is 24.4. The van der Waals surface area contributed by atoms with E-state index in [0.717, 1.165) is 11.8 Å². The van der Waals surface area contributed by atoms with Gasteiger partial charge in [-0.1, -0.05) is 0 Å². The van der Waals surface area contributed by atoms with Crippen molar-refractivity contribution in [3.05, 3.63) is 40.0 Å². The van der Waals surface area contributed by atoms with Gasteiger partial charge in [-0.15, -0.1) is 0 Å². The molecule has 2 unspecified atom stereocenters. The van der Waals surface area contributed by atoms with Gasteiger partial charge in [-0.25, -0.2) is 0 Å². The van der Waals surface area contributed by atoms with Crippen molar-refractivity contribution in [3.8, 4) is 0 Å². The van der Waals surface area contributed by atoms with Crippen molar-refractivity contribution in [2.24, 2.45) is 11.8 Å². The number of halogens is 2. The molecule has 0 aromatic heterocycles. The largest absolute Gasteiger partial charge is 1.00 e. The second kappa shape index (κ2) is 11.1. The van der Waals surface area contributed by atoms with Crippen molar-refractivity contribution in [2.75, 3.05) is 0 Å². The molecule has 0 radical (unpaired) electrons. The van der Waals surface area contributed by atoms with Crippen molar-refractivity contribution in [1.29, 1.82) is 0 Å². The minimum absolute atomic E-state index is 0. The molecule has 0 aromatic carbocycles. The van der Waals surface area contributed by atoms with Gasteiger partial charge >= 0.3 is 160 Å². The minimum atomic E-state index is -1.76. The Balaban J connectivity index is 0.00000312. The molecule has 0 saturated carbocycles. The number of rotatable bonds is 5. The summed E-state index contributed by atoms with van der Waals surface area (Å²) in [6.07, 6.45) is 0. The average molecular weight is 675 g/mol. The summed E-state index contributed by atoms with van der Waals surface area (Å²) >= 11 is -1.76. The fourth-order valence-corrected chi connectivity index (χ4v) is 32.2. The summed E-state index contributed by atoms with van der Waals surface area (Å²) in [5.41, 5.74) is 9.94. The normalized spacial score (nSPS) is 23.2. The van der Waals surface area contributed by atoms with Crippen LogP contribution >= 0.6 is 0 Å². The van der Waals surface area contributed by atoms with Crippen LogP contribution in [0.2, 0.25) is 12.1 Å². The van der Waals surface area contributed by atoms with Gasteiger partial charge in [0, 0.05) is 0 Å². The first-order valence-electron chi connectivity index (χ1n) is 9.83. The predicted octanol–water partition coefficient (Wildman–Crippen LogP) is 0.896. The van der Waals surface area contributed by atoms with E-state index >= 15 is 0 Å². The van der Waals surface area contributed by atoms with Crippen LogP contribution in [0.5, 0.6) is 0 Å².